The Kier molecular flexibility index (Phi) is 1.88. The van der Waals surface area contributed by atoms with E-state index < -0.39 is 4.92 Å². The fraction of sp³-hybridized carbons (Fsp3) is 0.250. The lowest BCUT2D eigenvalue weighted by molar-refractivity contribution is -0.385. The van der Waals surface area contributed by atoms with E-state index >= 15 is 0 Å². The molecule has 0 fully saturated rings. The largest absolute Gasteiger partial charge is 0.453 e. The normalized spacial score (nSPS) is 12.6. The maximum atomic E-state index is 10.7. The van der Waals surface area contributed by atoms with E-state index in [4.69, 9.17) is 9.47 Å². The molecule has 0 atom stereocenters. The summed E-state index contributed by atoms with van der Waals surface area (Å²) in [6.45, 7) is 0.0311. The number of nitrogens with one attached hydrogen (secondary N) is 1. The third kappa shape index (κ3) is 1.20. The number of ether oxygens (including phenoxy) is 2. The highest BCUT2D eigenvalue weighted by atomic mass is 16.7. The molecule has 6 heteroatoms. The van der Waals surface area contributed by atoms with Crippen molar-refractivity contribution in [1.82, 2.24) is 0 Å². The third-order valence-electron chi connectivity index (χ3n) is 1.94. The molecule has 2 rings (SSSR count). The van der Waals surface area contributed by atoms with Crippen LogP contribution in [0.1, 0.15) is 0 Å². The van der Waals surface area contributed by atoms with Gasteiger partial charge >= 0.3 is 5.69 Å². The van der Waals surface area contributed by atoms with Crippen molar-refractivity contribution in [2.75, 3.05) is 19.2 Å². The van der Waals surface area contributed by atoms with Gasteiger partial charge in [-0.3, -0.25) is 10.1 Å². The van der Waals surface area contributed by atoms with E-state index in [1.165, 1.54) is 6.07 Å². The Hall–Kier alpha value is -1.98. The van der Waals surface area contributed by atoms with Crippen molar-refractivity contribution in [1.29, 1.82) is 0 Å². The Morgan fingerprint density at radius 3 is 2.93 bits per heavy atom. The second kappa shape index (κ2) is 3.06. The molecule has 0 radical (unpaired) electrons. The number of nitro groups is 1. The fourth-order valence-corrected chi connectivity index (χ4v) is 1.27. The van der Waals surface area contributed by atoms with E-state index in [2.05, 4.69) is 5.32 Å². The second-order valence-electron chi connectivity index (χ2n) is 2.74. The lowest BCUT2D eigenvalue weighted by atomic mass is 10.2. The fourth-order valence-electron chi connectivity index (χ4n) is 1.27. The number of hydrogen-bond donors (Lipinski definition) is 1. The predicted octanol–water partition coefficient (Wildman–Crippen LogP) is 1.37. The Morgan fingerprint density at radius 2 is 2.29 bits per heavy atom. The third-order valence-corrected chi connectivity index (χ3v) is 1.94. The molecule has 0 bridgehead atoms. The molecule has 1 aromatic rings. The van der Waals surface area contributed by atoms with Crippen LogP contribution in [0.5, 0.6) is 11.5 Å². The molecule has 0 saturated heterocycles. The van der Waals surface area contributed by atoms with Gasteiger partial charge in [0.2, 0.25) is 12.5 Å². The number of hydrogen-bond acceptors (Lipinski definition) is 5. The van der Waals surface area contributed by atoms with Gasteiger partial charge in [-0.25, -0.2) is 0 Å². The molecule has 1 N–H and O–H groups in total. The first-order valence-corrected chi connectivity index (χ1v) is 3.98. The maximum absolute atomic E-state index is 10.7. The quantitative estimate of drug-likeness (QED) is 0.571. The topological polar surface area (TPSA) is 73.6 Å². The van der Waals surface area contributed by atoms with E-state index in [9.17, 15) is 10.1 Å². The first-order chi connectivity index (χ1) is 6.72. The maximum Gasteiger partial charge on any atom is 0.317 e. The van der Waals surface area contributed by atoms with Gasteiger partial charge in [0.1, 0.15) is 0 Å². The smallest absolute Gasteiger partial charge is 0.317 e. The molecular formula is C8H8N2O4. The van der Waals surface area contributed by atoms with Crippen LogP contribution < -0.4 is 14.8 Å². The van der Waals surface area contributed by atoms with Gasteiger partial charge < -0.3 is 14.8 Å². The van der Waals surface area contributed by atoms with Crippen molar-refractivity contribution >= 4 is 11.4 Å². The first-order valence-electron chi connectivity index (χ1n) is 3.98. The van der Waals surface area contributed by atoms with Gasteiger partial charge in [-0.1, -0.05) is 0 Å². The monoisotopic (exact) mass is 196 g/mol. The Morgan fingerprint density at radius 1 is 1.50 bits per heavy atom. The molecule has 0 aromatic heterocycles. The number of anilines is 1. The van der Waals surface area contributed by atoms with Gasteiger partial charge in [0, 0.05) is 24.9 Å². The molecule has 0 amide bonds. The van der Waals surface area contributed by atoms with Gasteiger partial charge in [0.05, 0.1) is 4.92 Å². The second-order valence-corrected chi connectivity index (χ2v) is 2.74. The summed E-state index contributed by atoms with van der Waals surface area (Å²) in [5, 5.41) is 13.5. The zero-order valence-electron chi connectivity index (χ0n) is 7.44. The molecule has 14 heavy (non-hydrogen) atoms. The minimum absolute atomic E-state index is 0.0311. The number of benzene rings is 1. The zero-order chi connectivity index (χ0) is 10.1. The van der Waals surface area contributed by atoms with E-state index in [1.807, 2.05) is 0 Å². The summed E-state index contributed by atoms with van der Waals surface area (Å²) in [5.74, 6) is 0.609. The molecule has 0 saturated carbocycles. The van der Waals surface area contributed by atoms with Crippen LogP contribution in [-0.2, 0) is 0 Å². The van der Waals surface area contributed by atoms with E-state index in [0.29, 0.717) is 11.4 Å². The summed E-state index contributed by atoms with van der Waals surface area (Å²) < 4.78 is 10.1. The van der Waals surface area contributed by atoms with Crippen LogP contribution in [0.4, 0.5) is 11.4 Å². The number of nitro benzene ring substituents is 1. The highest BCUT2D eigenvalue weighted by molar-refractivity contribution is 5.66. The van der Waals surface area contributed by atoms with E-state index in [0.717, 1.165) is 0 Å². The van der Waals surface area contributed by atoms with Gasteiger partial charge in [-0.2, -0.15) is 0 Å². The van der Waals surface area contributed by atoms with Crippen molar-refractivity contribution in [3.63, 3.8) is 0 Å². The SMILES string of the molecule is CNc1cc2c(c([N+](=O)[O-])c1)OCO2. The van der Waals surface area contributed by atoms with Crippen molar-refractivity contribution < 1.29 is 14.4 Å². The Bertz CT molecular complexity index is 391. The lowest BCUT2D eigenvalue weighted by Gasteiger charge is -2.02. The number of nitrogens with zero attached hydrogens (tertiary/aromatic N) is 1. The van der Waals surface area contributed by atoms with E-state index in [-0.39, 0.29) is 18.2 Å². The average Bonchev–Trinajstić information content (AvgIpc) is 2.63. The molecule has 1 aromatic carbocycles. The zero-order valence-corrected chi connectivity index (χ0v) is 7.44. The molecule has 1 aliphatic rings. The standard InChI is InChI=1S/C8H8N2O4/c1-9-5-2-6(10(11)12)8-7(3-5)13-4-14-8/h2-3,9H,4H2,1H3. The number of rotatable bonds is 2. The minimum Gasteiger partial charge on any atom is -0.453 e. The summed E-state index contributed by atoms with van der Waals surface area (Å²) >= 11 is 0. The van der Waals surface area contributed by atoms with Crippen LogP contribution in [0, 0.1) is 10.1 Å². The van der Waals surface area contributed by atoms with Crippen LogP contribution in [0.15, 0.2) is 12.1 Å². The number of fused-ring (bicyclic) bond motifs is 1. The molecule has 1 aliphatic heterocycles. The van der Waals surface area contributed by atoms with Gasteiger partial charge in [0.15, 0.2) is 5.75 Å². The molecule has 0 spiro atoms. The Labute approximate surface area is 79.6 Å². The predicted molar refractivity (Wildman–Crippen MR) is 48.8 cm³/mol. The summed E-state index contributed by atoms with van der Waals surface area (Å²) in [4.78, 5) is 10.2. The molecule has 1 heterocycles. The average molecular weight is 196 g/mol. The van der Waals surface area contributed by atoms with E-state index in [1.54, 1.807) is 13.1 Å². The lowest BCUT2D eigenvalue weighted by Crippen LogP contribution is -1.95. The first kappa shape index (κ1) is 8.61. The minimum atomic E-state index is -0.492. The van der Waals surface area contributed by atoms with Crippen molar-refractivity contribution in [2.24, 2.45) is 0 Å². The van der Waals surface area contributed by atoms with Crippen LogP contribution >= 0.6 is 0 Å². The van der Waals surface area contributed by atoms with Gasteiger partial charge in [0.25, 0.3) is 0 Å². The molecular weight excluding hydrogens is 188 g/mol. The van der Waals surface area contributed by atoms with Crippen molar-refractivity contribution in [3.05, 3.63) is 22.2 Å². The highest BCUT2D eigenvalue weighted by Crippen LogP contribution is 2.42. The van der Waals surface area contributed by atoms with Crippen LogP contribution in [-0.4, -0.2) is 18.8 Å². The summed E-state index contributed by atoms with van der Waals surface area (Å²) in [6.07, 6.45) is 0. The summed E-state index contributed by atoms with van der Waals surface area (Å²) in [5.41, 5.74) is 0.547. The highest BCUT2D eigenvalue weighted by Gasteiger charge is 2.26. The van der Waals surface area contributed by atoms with Crippen molar-refractivity contribution in [3.8, 4) is 11.5 Å². The molecule has 74 valence electrons. The van der Waals surface area contributed by atoms with Gasteiger partial charge in [-0.05, 0) is 0 Å². The molecule has 0 aliphatic carbocycles. The Balaban J connectivity index is 2.57. The van der Waals surface area contributed by atoms with Crippen LogP contribution in [0.25, 0.3) is 0 Å². The molecule has 6 nitrogen and oxygen atoms in total. The summed E-state index contributed by atoms with van der Waals surface area (Å²) in [6, 6.07) is 3.07. The molecule has 0 unspecified atom stereocenters. The van der Waals surface area contributed by atoms with Gasteiger partial charge in [-0.15, -0.1) is 0 Å². The van der Waals surface area contributed by atoms with Crippen LogP contribution in [0.3, 0.4) is 0 Å². The van der Waals surface area contributed by atoms with Crippen molar-refractivity contribution in [2.45, 2.75) is 0 Å². The summed E-state index contributed by atoms with van der Waals surface area (Å²) in [7, 11) is 1.68. The van der Waals surface area contributed by atoms with Crippen LogP contribution in [0.2, 0.25) is 0 Å².